The van der Waals surface area contributed by atoms with Crippen LogP contribution in [0.5, 0.6) is 11.5 Å². The minimum Gasteiger partial charge on any atom is -0.497 e. The van der Waals surface area contributed by atoms with Crippen LogP contribution in [0.3, 0.4) is 0 Å². The van der Waals surface area contributed by atoms with E-state index in [0.29, 0.717) is 17.9 Å². The van der Waals surface area contributed by atoms with Crippen molar-refractivity contribution < 1.29 is 27.8 Å². The Morgan fingerprint density at radius 2 is 2.07 bits per heavy atom. The van der Waals surface area contributed by atoms with Crippen LogP contribution in [0, 0.1) is 0 Å². The fourth-order valence-corrected chi connectivity index (χ4v) is 3.64. The van der Waals surface area contributed by atoms with Crippen molar-refractivity contribution in [2.75, 3.05) is 12.4 Å². The number of anilines is 1. The molecule has 1 aromatic carbocycles. The van der Waals surface area contributed by atoms with Gasteiger partial charge in [0.2, 0.25) is 5.95 Å². The van der Waals surface area contributed by atoms with E-state index in [1.54, 1.807) is 4.40 Å². The van der Waals surface area contributed by atoms with Gasteiger partial charge in [0.05, 0.1) is 24.9 Å². The third-order valence-corrected chi connectivity index (χ3v) is 5.00. The van der Waals surface area contributed by atoms with Crippen LogP contribution in [0.4, 0.5) is 19.1 Å². The summed E-state index contributed by atoms with van der Waals surface area (Å²) in [7, 11) is 1.35. The molecule has 0 amide bonds. The molecular weight excluding hydrogens is 403 g/mol. The molecule has 1 aliphatic carbocycles. The lowest BCUT2D eigenvalue weighted by molar-refractivity contribution is -0.274. The van der Waals surface area contributed by atoms with E-state index >= 15 is 0 Å². The van der Waals surface area contributed by atoms with Crippen molar-refractivity contribution in [1.82, 2.24) is 19.6 Å². The molecule has 1 saturated carbocycles. The Kier molecular flexibility index (Phi) is 5.37. The first kappa shape index (κ1) is 20.2. The second-order valence-corrected chi connectivity index (χ2v) is 7.09. The van der Waals surface area contributed by atoms with Crippen molar-refractivity contribution in [3.63, 3.8) is 0 Å². The highest BCUT2D eigenvalue weighted by Gasteiger charge is 2.33. The summed E-state index contributed by atoms with van der Waals surface area (Å²) < 4.78 is 49.6. The number of fused-ring (bicyclic) bond motifs is 1. The number of aromatic nitrogens is 4. The maximum absolute atomic E-state index is 12.9. The molecule has 160 valence electrons. The summed E-state index contributed by atoms with van der Waals surface area (Å²) in [6, 6.07) is 4.11. The Labute approximate surface area is 169 Å². The smallest absolute Gasteiger partial charge is 0.497 e. The lowest BCUT2D eigenvalue weighted by atomic mass is 9.93. The van der Waals surface area contributed by atoms with Crippen molar-refractivity contribution in [3.05, 3.63) is 30.7 Å². The second kappa shape index (κ2) is 7.98. The molecule has 0 aliphatic heterocycles. The number of halogens is 3. The molecule has 8 nitrogen and oxygen atoms in total. The molecule has 3 aromatic rings. The summed E-state index contributed by atoms with van der Waals surface area (Å²) in [5, 5.41) is 21.4. The second-order valence-electron chi connectivity index (χ2n) is 7.09. The number of nitrogens with one attached hydrogen (secondary N) is 1. The first-order valence-electron chi connectivity index (χ1n) is 9.41. The molecule has 0 spiro atoms. The molecule has 2 atom stereocenters. The van der Waals surface area contributed by atoms with Crippen molar-refractivity contribution >= 4 is 11.5 Å². The maximum Gasteiger partial charge on any atom is 0.573 e. The first-order valence-corrected chi connectivity index (χ1v) is 9.41. The molecule has 0 bridgehead atoms. The monoisotopic (exact) mass is 423 g/mol. The summed E-state index contributed by atoms with van der Waals surface area (Å²) >= 11 is 0. The number of ether oxygens (including phenoxy) is 2. The summed E-state index contributed by atoms with van der Waals surface area (Å²) in [4.78, 5) is 4.10. The van der Waals surface area contributed by atoms with Gasteiger partial charge in [-0.15, -0.1) is 23.4 Å². The van der Waals surface area contributed by atoms with Crippen LogP contribution in [-0.2, 0) is 0 Å². The summed E-state index contributed by atoms with van der Waals surface area (Å²) in [6.45, 7) is 0. The minimum atomic E-state index is -4.88. The van der Waals surface area contributed by atoms with Crippen molar-refractivity contribution in [2.24, 2.45) is 0 Å². The maximum atomic E-state index is 12.9. The average molecular weight is 423 g/mol. The molecule has 4 rings (SSSR count). The van der Waals surface area contributed by atoms with E-state index in [4.69, 9.17) is 4.74 Å². The van der Waals surface area contributed by atoms with Crippen LogP contribution in [0.2, 0.25) is 0 Å². The predicted molar refractivity (Wildman–Crippen MR) is 101 cm³/mol. The summed E-state index contributed by atoms with van der Waals surface area (Å²) in [6.07, 6.45) is 0.858. The van der Waals surface area contributed by atoms with Gasteiger partial charge in [-0.1, -0.05) is 0 Å². The van der Waals surface area contributed by atoms with E-state index < -0.39 is 12.1 Å². The molecule has 2 aromatic heterocycles. The molecular formula is C19H20F3N5O3. The van der Waals surface area contributed by atoms with Crippen LogP contribution < -0.4 is 14.8 Å². The zero-order chi connectivity index (χ0) is 21.3. The van der Waals surface area contributed by atoms with Crippen LogP contribution in [0.25, 0.3) is 16.8 Å². The topological polar surface area (TPSA) is 93.8 Å². The molecule has 2 N–H and O–H groups in total. The van der Waals surface area contributed by atoms with Crippen LogP contribution >= 0.6 is 0 Å². The summed E-state index contributed by atoms with van der Waals surface area (Å²) in [5.74, 6) is 0.164. The van der Waals surface area contributed by atoms with Crippen LogP contribution in [0.1, 0.15) is 25.7 Å². The lowest BCUT2D eigenvalue weighted by Crippen LogP contribution is -2.31. The van der Waals surface area contributed by atoms with Crippen molar-refractivity contribution in [3.8, 4) is 22.8 Å². The highest BCUT2D eigenvalue weighted by atomic mass is 19.4. The standard InChI is InChI=1S/C19H20F3N5O3/c1-29-13-5-6-14(16(8-13)30-19(20,21)22)17-15-9-23-10-27(15)18(26-25-17)24-11-3-2-4-12(28)7-11/h5-6,8-12,28H,2-4,7H2,1H3,(H,24,26)/t11-,12+/m1/s1. The minimum absolute atomic E-state index is 0.0182. The number of nitrogens with zero attached hydrogens (tertiary/aromatic N) is 4. The number of aliphatic hydroxyl groups excluding tert-OH is 1. The van der Waals surface area contributed by atoms with Gasteiger partial charge in [-0.3, -0.25) is 4.40 Å². The fourth-order valence-electron chi connectivity index (χ4n) is 3.64. The highest BCUT2D eigenvalue weighted by molar-refractivity contribution is 5.81. The van der Waals surface area contributed by atoms with Crippen LogP contribution in [0.15, 0.2) is 30.7 Å². The van der Waals surface area contributed by atoms with Gasteiger partial charge in [0, 0.05) is 17.7 Å². The molecule has 30 heavy (non-hydrogen) atoms. The first-order chi connectivity index (χ1) is 14.3. The Hall–Kier alpha value is -3.08. The molecule has 0 unspecified atom stereocenters. The molecule has 0 radical (unpaired) electrons. The Morgan fingerprint density at radius 1 is 1.23 bits per heavy atom. The lowest BCUT2D eigenvalue weighted by Gasteiger charge is -2.27. The molecule has 0 saturated heterocycles. The third-order valence-electron chi connectivity index (χ3n) is 5.00. The normalized spacial score (nSPS) is 19.6. The van der Waals surface area contributed by atoms with E-state index in [-0.39, 0.29) is 29.2 Å². The Bertz CT molecular complexity index is 1040. The average Bonchev–Trinajstić information content (AvgIpc) is 3.18. The predicted octanol–water partition coefficient (Wildman–Crippen LogP) is 3.41. The number of methoxy groups -OCH3 is 1. The van der Waals surface area contributed by atoms with Gasteiger partial charge in [0.15, 0.2) is 0 Å². The van der Waals surface area contributed by atoms with Crippen molar-refractivity contribution in [1.29, 1.82) is 0 Å². The Balaban J connectivity index is 1.73. The fraction of sp³-hybridized carbons (Fsp3) is 0.421. The quantitative estimate of drug-likeness (QED) is 0.650. The molecule has 11 heteroatoms. The van der Waals surface area contributed by atoms with E-state index in [1.165, 1.54) is 31.8 Å². The molecule has 1 fully saturated rings. The van der Waals surface area contributed by atoms with Gasteiger partial charge in [-0.05, 0) is 37.8 Å². The number of rotatable bonds is 5. The number of aliphatic hydroxyl groups is 1. The van der Waals surface area contributed by atoms with Gasteiger partial charge >= 0.3 is 6.36 Å². The van der Waals surface area contributed by atoms with Gasteiger partial charge in [0.1, 0.15) is 23.5 Å². The number of benzene rings is 1. The zero-order valence-electron chi connectivity index (χ0n) is 16.1. The highest BCUT2D eigenvalue weighted by Crippen LogP contribution is 2.37. The number of alkyl halides is 3. The van der Waals surface area contributed by atoms with Gasteiger partial charge in [0.25, 0.3) is 0 Å². The van der Waals surface area contributed by atoms with E-state index in [0.717, 1.165) is 25.3 Å². The van der Waals surface area contributed by atoms with Gasteiger partial charge in [-0.25, -0.2) is 4.98 Å². The number of hydrogen-bond donors (Lipinski definition) is 2. The Morgan fingerprint density at radius 3 is 2.80 bits per heavy atom. The van der Waals surface area contributed by atoms with E-state index in [2.05, 4.69) is 25.2 Å². The van der Waals surface area contributed by atoms with E-state index in [1.807, 2.05) is 0 Å². The van der Waals surface area contributed by atoms with Gasteiger partial charge in [-0.2, -0.15) is 0 Å². The van der Waals surface area contributed by atoms with Crippen molar-refractivity contribution in [2.45, 2.75) is 44.2 Å². The van der Waals surface area contributed by atoms with Gasteiger partial charge < -0.3 is 19.9 Å². The number of hydrogen-bond acceptors (Lipinski definition) is 7. The molecule has 1 aliphatic rings. The van der Waals surface area contributed by atoms with Crippen LogP contribution in [-0.4, -0.2) is 50.3 Å². The number of imidazole rings is 1. The third kappa shape index (κ3) is 4.25. The molecule has 2 heterocycles. The zero-order valence-corrected chi connectivity index (χ0v) is 16.1. The largest absolute Gasteiger partial charge is 0.573 e. The summed E-state index contributed by atoms with van der Waals surface area (Å²) in [5.41, 5.74) is 0.746. The van der Waals surface area contributed by atoms with E-state index in [9.17, 15) is 18.3 Å². The SMILES string of the molecule is COc1ccc(-c2nnc(N[C@@H]3CCC[C@H](O)C3)n3cncc23)c(OC(F)(F)F)c1.